The Morgan fingerprint density at radius 1 is 1.42 bits per heavy atom. The van der Waals surface area contributed by atoms with Gasteiger partial charge in [0.2, 0.25) is 5.91 Å². The molecule has 0 heterocycles. The molecule has 0 fully saturated rings. The van der Waals surface area contributed by atoms with Crippen molar-refractivity contribution in [3.05, 3.63) is 33.8 Å². The predicted molar refractivity (Wildman–Crippen MR) is 74.8 cm³/mol. The van der Waals surface area contributed by atoms with Crippen LogP contribution in [0.1, 0.15) is 22.8 Å². The number of alkyl halides is 1. The first-order chi connectivity index (χ1) is 8.95. The standard InChI is InChI=1S/C13H16BrFN2O2/c1-8-7-10(14)3-4-11(8)13(19)17-9(2)12(18)16-6-5-15/h3-4,7,9H,5-6H2,1-2H3,(H,16,18)(H,17,19)/t9-/m1/s1. The Morgan fingerprint density at radius 3 is 2.68 bits per heavy atom. The Labute approximate surface area is 119 Å². The van der Waals surface area contributed by atoms with E-state index in [1.165, 1.54) is 0 Å². The summed E-state index contributed by atoms with van der Waals surface area (Å²) in [4.78, 5) is 23.5. The van der Waals surface area contributed by atoms with Gasteiger partial charge in [0, 0.05) is 16.6 Å². The molecule has 0 aliphatic heterocycles. The molecule has 1 aromatic carbocycles. The molecule has 1 atom stereocenters. The maximum Gasteiger partial charge on any atom is 0.252 e. The summed E-state index contributed by atoms with van der Waals surface area (Å²) in [6, 6.07) is 4.56. The molecular weight excluding hydrogens is 315 g/mol. The minimum Gasteiger partial charge on any atom is -0.352 e. The van der Waals surface area contributed by atoms with Crippen molar-refractivity contribution in [2.75, 3.05) is 13.2 Å². The number of carbonyl (C=O) groups is 2. The van der Waals surface area contributed by atoms with Crippen molar-refractivity contribution in [3.63, 3.8) is 0 Å². The van der Waals surface area contributed by atoms with Gasteiger partial charge in [-0.1, -0.05) is 15.9 Å². The zero-order chi connectivity index (χ0) is 14.4. The summed E-state index contributed by atoms with van der Waals surface area (Å²) in [5, 5.41) is 4.95. The lowest BCUT2D eigenvalue weighted by molar-refractivity contribution is -0.122. The van der Waals surface area contributed by atoms with Crippen LogP contribution >= 0.6 is 15.9 Å². The predicted octanol–water partition coefficient (Wildman–Crippen LogP) is 1.96. The van der Waals surface area contributed by atoms with Crippen molar-refractivity contribution >= 4 is 27.7 Å². The molecule has 0 saturated heterocycles. The third kappa shape index (κ3) is 4.63. The minimum absolute atomic E-state index is 0.0453. The number of halogens is 2. The van der Waals surface area contributed by atoms with Crippen LogP contribution in [0.15, 0.2) is 22.7 Å². The SMILES string of the molecule is Cc1cc(Br)ccc1C(=O)N[C@H](C)C(=O)NCCF. The molecule has 0 spiro atoms. The molecule has 2 amide bonds. The van der Waals surface area contributed by atoms with Crippen LogP contribution in [0.25, 0.3) is 0 Å². The first-order valence-electron chi connectivity index (χ1n) is 5.86. The van der Waals surface area contributed by atoms with Gasteiger partial charge in [0.05, 0.1) is 0 Å². The van der Waals surface area contributed by atoms with Gasteiger partial charge >= 0.3 is 0 Å². The summed E-state index contributed by atoms with van der Waals surface area (Å²) in [6.45, 7) is 2.70. The van der Waals surface area contributed by atoms with Crippen LogP contribution in [0.3, 0.4) is 0 Å². The third-order valence-electron chi connectivity index (χ3n) is 2.57. The maximum absolute atomic E-state index is 12.0. The lowest BCUT2D eigenvalue weighted by atomic mass is 10.1. The van der Waals surface area contributed by atoms with E-state index in [0.717, 1.165) is 10.0 Å². The summed E-state index contributed by atoms with van der Waals surface area (Å²) in [5.74, 6) is -0.728. The average molecular weight is 331 g/mol. The molecule has 0 radical (unpaired) electrons. The van der Waals surface area contributed by atoms with Crippen molar-refractivity contribution in [2.45, 2.75) is 19.9 Å². The molecule has 4 nitrogen and oxygen atoms in total. The second-order valence-electron chi connectivity index (χ2n) is 4.13. The van der Waals surface area contributed by atoms with Gasteiger partial charge in [0.25, 0.3) is 5.91 Å². The number of rotatable bonds is 5. The number of amides is 2. The Hall–Kier alpha value is -1.43. The maximum atomic E-state index is 12.0. The smallest absolute Gasteiger partial charge is 0.252 e. The van der Waals surface area contributed by atoms with E-state index in [1.54, 1.807) is 19.1 Å². The molecule has 0 aliphatic carbocycles. The molecule has 104 valence electrons. The van der Waals surface area contributed by atoms with Gasteiger partial charge in [0.1, 0.15) is 12.7 Å². The van der Waals surface area contributed by atoms with Crippen LogP contribution in [-0.2, 0) is 4.79 Å². The van der Waals surface area contributed by atoms with Crippen molar-refractivity contribution in [1.29, 1.82) is 0 Å². The minimum atomic E-state index is -0.706. The number of benzene rings is 1. The molecule has 0 aliphatic rings. The van der Waals surface area contributed by atoms with Crippen molar-refractivity contribution in [1.82, 2.24) is 10.6 Å². The summed E-state index contributed by atoms with van der Waals surface area (Å²) in [7, 11) is 0. The van der Waals surface area contributed by atoms with Crippen LogP contribution < -0.4 is 10.6 Å². The normalized spacial score (nSPS) is 11.8. The molecule has 1 aromatic rings. The van der Waals surface area contributed by atoms with Crippen LogP contribution in [-0.4, -0.2) is 31.1 Å². The summed E-state index contributed by atoms with van der Waals surface area (Å²) >= 11 is 3.32. The molecule has 0 bridgehead atoms. The van der Waals surface area contributed by atoms with E-state index in [1.807, 2.05) is 13.0 Å². The molecule has 2 N–H and O–H groups in total. The molecule has 6 heteroatoms. The fraction of sp³-hybridized carbons (Fsp3) is 0.385. The fourth-order valence-electron chi connectivity index (χ4n) is 1.55. The lowest BCUT2D eigenvalue weighted by Crippen LogP contribution is -2.45. The molecule has 1 rings (SSSR count). The Kier molecular flexibility index (Phi) is 5.95. The zero-order valence-corrected chi connectivity index (χ0v) is 12.4. The lowest BCUT2D eigenvalue weighted by Gasteiger charge is -2.14. The first kappa shape index (κ1) is 15.6. The number of carbonyl (C=O) groups excluding carboxylic acids is 2. The number of hydrogen-bond donors (Lipinski definition) is 2. The van der Waals surface area contributed by atoms with Crippen LogP contribution in [0, 0.1) is 6.92 Å². The Morgan fingerprint density at radius 2 is 2.11 bits per heavy atom. The highest BCUT2D eigenvalue weighted by Gasteiger charge is 2.17. The number of aryl methyl sites for hydroxylation is 1. The first-order valence-corrected chi connectivity index (χ1v) is 6.65. The second-order valence-corrected chi connectivity index (χ2v) is 5.05. The van der Waals surface area contributed by atoms with Crippen molar-refractivity contribution < 1.29 is 14.0 Å². The van der Waals surface area contributed by atoms with E-state index < -0.39 is 18.6 Å². The Balaban J connectivity index is 2.66. The number of hydrogen-bond acceptors (Lipinski definition) is 2. The topological polar surface area (TPSA) is 58.2 Å². The highest BCUT2D eigenvalue weighted by molar-refractivity contribution is 9.10. The number of nitrogens with one attached hydrogen (secondary N) is 2. The quantitative estimate of drug-likeness (QED) is 0.867. The highest BCUT2D eigenvalue weighted by Crippen LogP contribution is 2.15. The van der Waals surface area contributed by atoms with Gasteiger partial charge in [-0.15, -0.1) is 0 Å². The van der Waals surface area contributed by atoms with Gasteiger partial charge in [-0.3, -0.25) is 9.59 Å². The Bertz CT molecular complexity index is 480. The van der Waals surface area contributed by atoms with E-state index in [9.17, 15) is 14.0 Å². The molecule has 0 unspecified atom stereocenters. The fourth-order valence-corrected chi connectivity index (χ4v) is 2.02. The van der Waals surface area contributed by atoms with E-state index in [2.05, 4.69) is 26.6 Å². The van der Waals surface area contributed by atoms with E-state index in [0.29, 0.717) is 5.56 Å². The van der Waals surface area contributed by atoms with E-state index >= 15 is 0 Å². The van der Waals surface area contributed by atoms with E-state index in [4.69, 9.17) is 0 Å². The monoisotopic (exact) mass is 330 g/mol. The summed E-state index contributed by atoms with van der Waals surface area (Å²) in [6.07, 6.45) is 0. The van der Waals surface area contributed by atoms with Crippen LogP contribution in [0.4, 0.5) is 4.39 Å². The van der Waals surface area contributed by atoms with Gasteiger partial charge in [0.15, 0.2) is 0 Å². The van der Waals surface area contributed by atoms with Crippen molar-refractivity contribution in [2.24, 2.45) is 0 Å². The highest BCUT2D eigenvalue weighted by atomic mass is 79.9. The average Bonchev–Trinajstić information content (AvgIpc) is 2.35. The van der Waals surface area contributed by atoms with E-state index in [-0.39, 0.29) is 12.5 Å². The van der Waals surface area contributed by atoms with Gasteiger partial charge < -0.3 is 10.6 Å². The molecule has 19 heavy (non-hydrogen) atoms. The van der Waals surface area contributed by atoms with Crippen LogP contribution in [0.5, 0.6) is 0 Å². The van der Waals surface area contributed by atoms with Crippen molar-refractivity contribution in [3.8, 4) is 0 Å². The van der Waals surface area contributed by atoms with Gasteiger partial charge in [-0.2, -0.15) is 0 Å². The summed E-state index contributed by atoms with van der Waals surface area (Å²) < 4.78 is 12.8. The van der Waals surface area contributed by atoms with Gasteiger partial charge in [-0.05, 0) is 37.6 Å². The molecular formula is C13H16BrFN2O2. The zero-order valence-electron chi connectivity index (χ0n) is 10.8. The van der Waals surface area contributed by atoms with Gasteiger partial charge in [-0.25, -0.2) is 4.39 Å². The molecule has 0 aromatic heterocycles. The molecule has 0 saturated carbocycles. The summed E-state index contributed by atoms with van der Waals surface area (Å²) in [5.41, 5.74) is 1.32. The van der Waals surface area contributed by atoms with Crippen LogP contribution in [0.2, 0.25) is 0 Å². The largest absolute Gasteiger partial charge is 0.352 e. The second kappa shape index (κ2) is 7.23. The third-order valence-corrected chi connectivity index (χ3v) is 3.06.